The summed E-state index contributed by atoms with van der Waals surface area (Å²) in [6.07, 6.45) is 5.72. The molecule has 0 saturated heterocycles. The van der Waals surface area contributed by atoms with E-state index in [1.807, 2.05) is 12.1 Å². The molecule has 0 aliphatic heterocycles. The van der Waals surface area contributed by atoms with Crippen molar-refractivity contribution >= 4 is 31.6 Å². The van der Waals surface area contributed by atoms with Crippen LogP contribution in [0.4, 0.5) is 0 Å². The van der Waals surface area contributed by atoms with Gasteiger partial charge in [-0.25, -0.2) is 9.97 Å². The summed E-state index contributed by atoms with van der Waals surface area (Å²) in [7, 11) is 4.30. The van der Waals surface area contributed by atoms with Crippen LogP contribution >= 0.6 is 11.3 Å². The van der Waals surface area contributed by atoms with Crippen molar-refractivity contribution < 1.29 is 9.84 Å². The molecule has 4 rings (SSSR count). The molecule has 0 amide bonds. The standard InChI is InChI=1S/C20H25N3O2S/c1-12(24)13-4-9-17-16(10-13)18-19(21-11-22-20(18)26-17)25-15-7-5-14(6-8-15)23(2)3/h4,9-12,14-15,24H,5-8H2,1-3H3/t12-,14-,15-/m0/s1. The quantitative estimate of drug-likeness (QED) is 0.747. The summed E-state index contributed by atoms with van der Waals surface area (Å²) in [6, 6.07) is 6.71. The molecule has 0 radical (unpaired) electrons. The van der Waals surface area contributed by atoms with Crippen LogP contribution in [0.25, 0.3) is 20.3 Å². The molecule has 1 atom stereocenters. The van der Waals surface area contributed by atoms with Crippen molar-refractivity contribution in [2.75, 3.05) is 14.1 Å². The topological polar surface area (TPSA) is 58.5 Å². The monoisotopic (exact) mass is 371 g/mol. The zero-order valence-corrected chi connectivity index (χ0v) is 16.3. The highest BCUT2D eigenvalue weighted by molar-refractivity contribution is 7.25. The molecule has 1 saturated carbocycles. The molecular weight excluding hydrogens is 346 g/mol. The van der Waals surface area contributed by atoms with Gasteiger partial charge < -0.3 is 14.7 Å². The maximum Gasteiger partial charge on any atom is 0.226 e. The maximum atomic E-state index is 9.93. The molecule has 1 aromatic carbocycles. The SMILES string of the molecule is C[C@H](O)c1ccc2sc3ncnc(O[C@H]4CC[C@H](N(C)C)CC4)c3c2c1. The Morgan fingerprint density at radius 1 is 1.19 bits per heavy atom. The van der Waals surface area contributed by atoms with E-state index in [1.54, 1.807) is 24.6 Å². The van der Waals surface area contributed by atoms with E-state index in [0.717, 1.165) is 51.5 Å². The lowest BCUT2D eigenvalue weighted by atomic mass is 9.92. The van der Waals surface area contributed by atoms with Crippen LogP contribution in [0.3, 0.4) is 0 Å². The average molecular weight is 372 g/mol. The van der Waals surface area contributed by atoms with Gasteiger partial charge in [-0.1, -0.05) is 6.07 Å². The molecular formula is C20H25N3O2S. The molecule has 138 valence electrons. The van der Waals surface area contributed by atoms with Crippen LogP contribution in [-0.4, -0.2) is 46.2 Å². The molecule has 5 nitrogen and oxygen atoms in total. The fraction of sp³-hybridized carbons (Fsp3) is 0.500. The average Bonchev–Trinajstić information content (AvgIpc) is 3.00. The van der Waals surface area contributed by atoms with Gasteiger partial charge in [-0.3, -0.25) is 0 Å². The van der Waals surface area contributed by atoms with E-state index in [4.69, 9.17) is 4.74 Å². The third-order valence-corrected chi connectivity index (χ3v) is 6.47. The second-order valence-electron chi connectivity index (χ2n) is 7.40. The Hall–Kier alpha value is -1.76. The van der Waals surface area contributed by atoms with Gasteiger partial charge in [-0.15, -0.1) is 11.3 Å². The molecule has 0 unspecified atom stereocenters. The third kappa shape index (κ3) is 3.29. The van der Waals surface area contributed by atoms with Crippen LogP contribution in [0.5, 0.6) is 5.88 Å². The van der Waals surface area contributed by atoms with E-state index in [1.165, 1.54) is 0 Å². The summed E-state index contributed by atoms with van der Waals surface area (Å²) in [4.78, 5) is 12.1. The Balaban J connectivity index is 1.67. The summed E-state index contributed by atoms with van der Waals surface area (Å²) < 4.78 is 7.48. The number of nitrogens with zero attached hydrogens (tertiary/aromatic N) is 3. The first-order chi connectivity index (χ1) is 12.5. The van der Waals surface area contributed by atoms with Crippen LogP contribution < -0.4 is 4.74 Å². The Kier molecular flexibility index (Phi) is 4.82. The third-order valence-electron chi connectivity index (χ3n) is 5.39. The molecule has 3 aromatic rings. The number of aliphatic hydroxyl groups is 1. The molecule has 6 heteroatoms. The lowest BCUT2D eigenvalue weighted by Gasteiger charge is -2.32. The number of rotatable bonds is 4. The molecule has 0 spiro atoms. The van der Waals surface area contributed by atoms with Gasteiger partial charge in [0.05, 0.1) is 11.5 Å². The predicted molar refractivity (Wildman–Crippen MR) is 106 cm³/mol. The van der Waals surface area contributed by atoms with Gasteiger partial charge in [0.25, 0.3) is 0 Å². The van der Waals surface area contributed by atoms with Gasteiger partial charge in [-0.05, 0) is 64.4 Å². The summed E-state index contributed by atoms with van der Waals surface area (Å²) >= 11 is 1.64. The van der Waals surface area contributed by atoms with Crippen molar-refractivity contribution in [3.05, 3.63) is 30.1 Å². The van der Waals surface area contributed by atoms with Gasteiger partial charge in [-0.2, -0.15) is 0 Å². The first kappa shape index (κ1) is 17.6. The number of aromatic nitrogens is 2. The van der Waals surface area contributed by atoms with E-state index in [0.29, 0.717) is 11.9 Å². The summed E-state index contributed by atoms with van der Waals surface area (Å²) in [6.45, 7) is 1.78. The van der Waals surface area contributed by atoms with Crippen molar-refractivity contribution in [2.24, 2.45) is 0 Å². The first-order valence-electron chi connectivity index (χ1n) is 9.21. The van der Waals surface area contributed by atoms with E-state index in [9.17, 15) is 5.11 Å². The molecule has 1 N–H and O–H groups in total. The minimum atomic E-state index is -0.496. The van der Waals surface area contributed by atoms with Crippen LogP contribution in [0.1, 0.15) is 44.3 Å². The van der Waals surface area contributed by atoms with E-state index in [2.05, 4.69) is 35.0 Å². The Morgan fingerprint density at radius 3 is 2.65 bits per heavy atom. The fourth-order valence-corrected chi connectivity index (χ4v) is 4.80. The fourth-order valence-electron chi connectivity index (χ4n) is 3.78. The van der Waals surface area contributed by atoms with Crippen molar-refractivity contribution in [3.63, 3.8) is 0 Å². The molecule has 0 bridgehead atoms. The predicted octanol–water partition coefficient (Wildman–Crippen LogP) is 4.15. The molecule has 1 aliphatic carbocycles. The molecule has 2 aromatic heterocycles. The number of hydrogen-bond donors (Lipinski definition) is 1. The number of thiophene rings is 1. The largest absolute Gasteiger partial charge is 0.474 e. The van der Waals surface area contributed by atoms with Crippen LogP contribution in [-0.2, 0) is 0 Å². The summed E-state index contributed by atoms with van der Waals surface area (Å²) in [5.74, 6) is 0.678. The van der Waals surface area contributed by atoms with E-state index >= 15 is 0 Å². The highest BCUT2D eigenvalue weighted by Gasteiger charge is 2.25. The minimum Gasteiger partial charge on any atom is -0.474 e. The van der Waals surface area contributed by atoms with Crippen molar-refractivity contribution in [1.29, 1.82) is 0 Å². The summed E-state index contributed by atoms with van der Waals surface area (Å²) in [5, 5.41) is 12.0. The summed E-state index contributed by atoms with van der Waals surface area (Å²) in [5.41, 5.74) is 0.901. The second kappa shape index (κ2) is 7.10. The van der Waals surface area contributed by atoms with Crippen LogP contribution in [0.15, 0.2) is 24.5 Å². The highest BCUT2D eigenvalue weighted by Crippen LogP contribution is 2.39. The van der Waals surface area contributed by atoms with Gasteiger partial charge in [0.15, 0.2) is 0 Å². The minimum absolute atomic E-state index is 0.208. The number of aliphatic hydroxyl groups excluding tert-OH is 1. The first-order valence-corrected chi connectivity index (χ1v) is 10.0. The smallest absolute Gasteiger partial charge is 0.226 e. The molecule has 1 fully saturated rings. The molecule has 1 aliphatic rings. The van der Waals surface area contributed by atoms with Crippen LogP contribution in [0, 0.1) is 0 Å². The van der Waals surface area contributed by atoms with Gasteiger partial charge in [0.2, 0.25) is 5.88 Å². The van der Waals surface area contributed by atoms with E-state index < -0.39 is 6.10 Å². The highest BCUT2D eigenvalue weighted by atomic mass is 32.1. The zero-order chi connectivity index (χ0) is 18.3. The lowest BCUT2D eigenvalue weighted by Crippen LogP contribution is -2.35. The van der Waals surface area contributed by atoms with Crippen molar-refractivity contribution in [1.82, 2.24) is 14.9 Å². The lowest BCUT2D eigenvalue weighted by molar-refractivity contribution is 0.108. The number of ether oxygens (including phenoxy) is 1. The van der Waals surface area contributed by atoms with Crippen molar-refractivity contribution in [2.45, 2.75) is 50.9 Å². The Bertz CT molecular complexity index is 914. The van der Waals surface area contributed by atoms with Crippen molar-refractivity contribution in [3.8, 4) is 5.88 Å². The number of hydrogen-bond acceptors (Lipinski definition) is 6. The second-order valence-corrected chi connectivity index (χ2v) is 8.44. The van der Waals surface area contributed by atoms with E-state index in [-0.39, 0.29) is 6.10 Å². The Labute approximate surface area is 157 Å². The zero-order valence-electron chi connectivity index (χ0n) is 15.5. The molecule has 26 heavy (non-hydrogen) atoms. The van der Waals surface area contributed by atoms with Gasteiger partial charge >= 0.3 is 0 Å². The molecule has 2 heterocycles. The van der Waals surface area contributed by atoms with Gasteiger partial charge in [0, 0.05) is 16.1 Å². The van der Waals surface area contributed by atoms with Crippen LogP contribution in [0.2, 0.25) is 0 Å². The van der Waals surface area contributed by atoms with Gasteiger partial charge in [0.1, 0.15) is 17.3 Å². The number of benzene rings is 1. The maximum absolute atomic E-state index is 9.93. The Morgan fingerprint density at radius 2 is 1.96 bits per heavy atom. The number of fused-ring (bicyclic) bond motifs is 3. The normalized spacial score (nSPS) is 22.2.